The Morgan fingerprint density at radius 3 is 2.70 bits per heavy atom. The highest BCUT2D eigenvalue weighted by molar-refractivity contribution is 7.92. The predicted molar refractivity (Wildman–Crippen MR) is 80.8 cm³/mol. The van der Waals surface area contributed by atoms with E-state index in [1.165, 1.54) is 15.8 Å². The van der Waals surface area contributed by atoms with Gasteiger partial charge in [0.2, 0.25) is 5.91 Å². The zero-order valence-corrected chi connectivity index (χ0v) is 13.9. The molecule has 0 bridgehead atoms. The van der Waals surface area contributed by atoms with Gasteiger partial charge in [0.15, 0.2) is 15.5 Å². The lowest BCUT2D eigenvalue weighted by molar-refractivity contribution is -0.130. The fourth-order valence-corrected chi connectivity index (χ4v) is 3.24. The zero-order valence-electron chi connectivity index (χ0n) is 13.0. The molecule has 1 aliphatic rings. The molecule has 0 spiro atoms. The van der Waals surface area contributed by atoms with E-state index in [1.54, 1.807) is 13.8 Å². The van der Waals surface area contributed by atoms with Crippen molar-refractivity contribution in [3.63, 3.8) is 0 Å². The van der Waals surface area contributed by atoms with Crippen LogP contribution in [0.1, 0.15) is 43.2 Å². The number of hydrogen-bond acceptors (Lipinski definition) is 6. The molecule has 1 unspecified atom stereocenters. The maximum atomic E-state index is 12.2. The van der Waals surface area contributed by atoms with Crippen molar-refractivity contribution < 1.29 is 23.1 Å². The molecular weight excluding hydrogens is 324 g/mol. The van der Waals surface area contributed by atoms with Gasteiger partial charge in [-0.2, -0.15) is 0 Å². The summed E-state index contributed by atoms with van der Waals surface area (Å²) in [6.45, 7) is 3.88. The molecule has 1 saturated heterocycles. The van der Waals surface area contributed by atoms with Gasteiger partial charge in [-0.05, 0) is 26.7 Å². The Hall–Kier alpha value is -1.97. The Labute approximate surface area is 134 Å². The Kier molecular flexibility index (Phi) is 5.03. The summed E-state index contributed by atoms with van der Waals surface area (Å²) in [6.07, 6.45) is 2.75. The lowest BCUT2D eigenvalue weighted by Gasteiger charge is -2.32. The summed E-state index contributed by atoms with van der Waals surface area (Å²) in [5, 5.41) is 15.6. The highest BCUT2D eigenvalue weighted by atomic mass is 32.2. The van der Waals surface area contributed by atoms with Crippen LogP contribution < -0.4 is 0 Å². The molecule has 0 aromatic carbocycles. The van der Waals surface area contributed by atoms with Crippen LogP contribution in [0.4, 0.5) is 0 Å². The fourth-order valence-electron chi connectivity index (χ4n) is 2.38. The van der Waals surface area contributed by atoms with Gasteiger partial charge in [0.25, 0.3) is 0 Å². The highest BCUT2D eigenvalue weighted by Gasteiger charge is 2.29. The van der Waals surface area contributed by atoms with Crippen LogP contribution >= 0.6 is 0 Å². The van der Waals surface area contributed by atoms with Gasteiger partial charge in [0.1, 0.15) is 5.75 Å². The molecular formula is C13H20N4O5S. The summed E-state index contributed by atoms with van der Waals surface area (Å²) in [4.78, 5) is 24.6. The third kappa shape index (κ3) is 4.06. The van der Waals surface area contributed by atoms with Gasteiger partial charge < -0.3 is 10.0 Å². The van der Waals surface area contributed by atoms with Gasteiger partial charge in [-0.15, -0.1) is 5.10 Å². The summed E-state index contributed by atoms with van der Waals surface area (Å²) in [6, 6.07) is -0.199. The Morgan fingerprint density at radius 1 is 1.43 bits per heavy atom. The molecule has 1 N–H and O–H groups in total. The number of nitrogens with zero attached hydrogens (tertiary/aromatic N) is 4. The number of amides is 1. The number of carbonyl (C=O) groups is 2. The van der Waals surface area contributed by atoms with Crippen LogP contribution in [0.2, 0.25) is 0 Å². The van der Waals surface area contributed by atoms with E-state index >= 15 is 0 Å². The third-order valence-electron chi connectivity index (χ3n) is 3.90. The SMILES string of the molecule is CC(C)S(=O)(=O)CC(=O)N1CCCC(n2cc(C(=O)O)nn2)C1. The molecule has 2 rings (SSSR count). The Balaban J connectivity index is 2.05. The van der Waals surface area contributed by atoms with Crippen molar-refractivity contribution in [2.75, 3.05) is 18.8 Å². The zero-order chi connectivity index (χ0) is 17.2. The molecule has 0 saturated carbocycles. The van der Waals surface area contributed by atoms with Gasteiger partial charge in [-0.3, -0.25) is 4.79 Å². The molecule has 23 heavy (non-hydrogen) atoms. The van der Waals surface area contributed by atoms with Crippen LogP contribution in [0.15, 0.2) is 6.20 Å². The highest BCUT2D eigenvalue weighted by Crippen LogP contribution is 2.21. The van der Waals surface area contributed by atoms with Gasteiger partial charge in [0.05, 0.1) is 17.5 Å². The van der Waals surface area contributed by atoms with Gasteiger partial charge in [-0.1, -0.05) is 5.21 Å². The van der Waals surface area contributed by atoms with E-state index in [1.807, 2.05) is 0 Å². The van der Waals surface area contributed by atoms with E-state index in [0.29, 0.717) is 19.5 Å². The number of hydrogen-bond donors (Lipinski definition) is 1. The molecule has 1 fully saturated rings. The van der Waals surface area contributed by atoms with E-state index < -0.39 is 32.7 Å². The molecule has 0 aliphatic carbocycles. The summed E-state index contributed by atoms with van der Waals surface area (Å²) >= 11 is 0. The summed E-state index contributed by atoms with van der Waals surface area (Å²) in [5.74, 6) is -2.10. The van der Waals surface area contributed by atoms with Crippen molar-refractivity contribution in [2.24, 2.45) is 0 Å². The van der Waals surface area contributed by atoms with E-state index in [4.69, 9.17) is 5.11 Å². The first-order valence-electron chi connectivity index (χ1n) is 7.35. The van der Waals surface area contributed by atoms with Crippen LogP contribution in [0.3, 0.4) is 0 Å². The summed E-state index contributed by atoms with van der Waals surface area (Å²) in [5.41, 5.74) is -0.157. The Bertz CT molecular complexity index is 697. The number of piperidine rings is 1. The molecule has 1 atom stereocenters. The number of rotatable bonds is 5. The minimum Gasteiger partial charge on any atom is -0.476 e. The standard InChI is InChI=1S/C13H20N4O5S/c1-9(2)23(21,22)8-12(18)16-5-3-4-10(6-16)17-7-11(13(19)20)14-15-17/h7,9-10H,3-6,8H2,1-2H3,(H,19,20). The van der Waals surface area contributed by atoms with Crippen LogP contribution in [0.25, 0.3) is 0 Å². The van der Waals surface area contributed by atoms with Gasteiger partial charge >= 0.3 is 5.97 Å². The smallest absolute Gasteiger partial charge is 0.358 e. The molecule has 1 amide bonds. The van der Waals surface area contributed by atoms with E-state index in [9.17, 15) is 18.0 Å². The second-order valence-corrected chi connectivity index (χ2v) is 8.44. The van der Waals surface area contributed by atoms with Crippen molar-refractivity contribution in [2.45, 2.75) is 38.0 Å². The number of carboxylic acids is 1. The quantitative estimate of drug-likeness (QED) is 0.795. The average Bonchev–Trinajstić information content (AvgIpc) is 2.97. The number of carboxylic acid groups (broad SMARTS) is 1. The molecule has 10 heteroatoms. The Morgan fingerprint density at radius 2 is 2.13 bits per heavy atom. The predicted octanol–water partition coefficient (Wildman–Crippen LogP) is -0.0370. The first-order chi connectivity index (χ1) is 10.7. The molecule has 128 valence electrons. The monoisotopic (exact) mass is 344 g/mol. The van der Waals surface area contributed by atoms with Crippen molar-refractivity contribution in [3.05, 3.63) is 11.9 Å². The molecule has 1 aromatic rings. The molecule has 1 aliphatic heterocycles. The second-order valence-electron chi connectivity index (χ2n) is 5.88. The topological polar surface area (TPSA) is 122 Å². The van der Waals surface area contributed by atoms with Crippen LogP contribution in [0.5, 0.6) is 0 Å². The van der Waals surface area contributed by atoms with E-state index in [2.05, 4.69) is 10.3 Å². The van der Waals surface area contributed by atoms with Crippen LogP contribution in [-0.2, 0) is 14.6 Å². The number of carbonyl (C=O) groups excluding carboxylic acids is 1. The number of likely N-dealkylation sites (tertiary alicyclic amines) is 1. The van der Waals surface area contributed by atoms with E-state index in [-0.39, 0.29) is 11.7 Å². The first-order valence-corrected chi connectivity index (χ1v) is 9.06. The lowest BCUT2D eigenvalue weighted by Crippen LogP contribution is -2.44. The average molecular weight is 344 g/mol. The number of aromatic carboxylic acids is 1. The summed E-state index contributed by atoms with van der Waals surface area (Å²) in [7, 11) is -3.44. The molecule has 2 heterocycles. The van der Waals surface area contributed by atoms with Gasteiger partial charge in [-0.25, -0.2) is 17.9 Å². The second kappa shape index (κ2) is 6.65. The molecule has 0 radical (unpaired) electrons. The maximum Gasteiger partial charge on any atom is 0.358 e. The minimum atomic E-state index is -3.44. The molecule has 9 nitrogen and oxygen atoms in total. The van der Waals surface area contributed by atoms with Crippen LogP contribution in [0, 0.1) is 0 Å². The number of aromatic nitrogens is 3. The third-order valence-corrected chi connectivity index (χ3v) is 5.98. The maximum absolute atomic E-state index is 12.2. The lowest BCUT2D eigenvalue weighted by atomic mass is 10.1. The van der Waals surface area contributed by atoms with Gasteiger partial charge in [0, 0.05) is 13.1 Å². The largest absolute Gasteiger partial charge is 0.476 e. The van der Waals surface area contributed by atoms with E-state index in [0.717, 1.165) is 6.42 Å². The number of sulfone groups is 1. The van der Waals surface area contributed by atoms with Crippen molar-refractivity contribution >= 4 is 21.7 Å². The van der Waals surface area contributed by atoms with Crippen molar-refractivity contribution in [3.8, 4) is 0 Å². The minimum absolute atomic E-state index is 0.157. The normalized spacial score (nSPS) is 19.1. The van der Waals surface area contributed by atoms with Crippen LogP contribution in [-0.4, -0.2) is 69.4 Å². The first kappa shape index (κ1) is 17.4. The fraction of sp³-hybridized carbons (Fsp3) is 0.692. The van der Waals surface area contributed by atoms with Crippen molar-refractivity contribution in [1.29, 1.82) is 0 Å². The van der Waals surface area contributed by atoms with Crippen molar-refractivity contribution in [1.82, 2.24) is 19.9 Å². The molecule has 1 aromatic heterocycles. The summed E-state index contributed by atoms with van der Waals surface area (Å²) < 4.78 is 25.2.